The molecule has 1 saturated carbocycles. The van der Waals surface area contributed by atoms with E-state index in [0.717, 1.165) is 31.2 Å². The first kappa shape index (κ1) is 14.8. The predicted molar refractivity (Wildman–Crippen MR) is 77.8 cm³/mol. The molecule has 1 heterocycles. The van der Waals surface area contributed by atoms with Crippen molar-refractivity contribution >= 4 is 0 Å². The second-order valence-electron chi connectivity index (χ2n) is 6.33. The molecule has 1 aliphatic heterocycles. The molecule has 21 heavy (non-hydrogen) atoms. The lowest BCUT2D eigenvalue weighted by molar-refractivity contribution is -0.113. The number of benzene rings is 1. The van der Waals surface area contributed by atoms with Gasteiger partial charge in [0.05, 0.1) is 18.8 Å². The summed E-state index contributed by atoms with van der Waals surface area (Å²) in [6.07, 6.45) is 5.80. The van der Waals surface area contributed by atoms with E-state index in [0.29, 0.717) is 6.61 Å². The van der Waals surface area contributed by atoms with Gasteiger partial charge in [-0.2, -0.15) is 0 Å². The molecule has 2 unspecified atom stereocenters. The number of halogens is 1. The molecule has 2 aliphatic rings. The Hall–Kier alpha value is -1.13. The maximum atomic E-state index is 13.5. The predicted octanol–water partition coefficient (Wildman–Crippen LogP) is 3.61. The Morgan fingerprint density at radius 1 is 1.38 bits per heavy atom. The number of hydrogen-bond donors (Lipinski definition) is 1. The van der Waals surface area contributed by atoms with Gasteiger partial charge in [0, 0.05) is 6.61 Å². The summed E-state index contributed by atoms with van der Waals surface area (Å²) in [7, 11) is 1.44. The Labute approximate surface area is 125 Å². The summed E-state index contributed by atoms with van der Waals surface area (Å²) in [6, 6.07) is 4.62. The van der Waals surface area contributed by atoms with E-state index in [2.05, 4.69) is 0 Å². The number of ether oxygens (including phenoxy) is 2. The van der Waals surface area contributed by atoms with E-state index in [1.807, 2.05) is 0 Å². The first-order chi connectivity index (χ1) is 10.1. The van der Waals surface area contributed by atoms with Crippen molar-refractivity contribution in [3.8, 4) is 5.75 Å². The highest BCUT2D eigenvalue weighted by Gasteiger charge is 2.42. The zero-order valence-corrected chi connectivity index (χ0v) is 12.5. The van der Waals surface area contributed by atoms with Crippen molar-refractivity contribution in [2.75, 3.05) is 13.7 Å². The van der Waals surface area contributed by atoms with Gasteiger partial charge in [-0.3, -0.25) is 0 Å². The van der Waals surface area contributed by atoms with Gasteiger partial charge < -0.3 is 14.6 Å². The molecule has 1 N–H and O–H groups in total. The fraction of sp³-hybridized carbons (Fsp3) is 0.647. The third-order valence-electron chi connectivity index (χ3n) is 5.01. The van der Waals surface area contributed by atoms with Gasteiger partial charge in [0.25, 0.3) is 0 Å². The number of aliphatic hydroxyl groups excluding tert-OH is 1. The van der Waals surface area contributed by atoms with E-state index in [-0.39, 0.29) is 17.3 Å². The molecule has 1 spiro atoms. The molecule has 3 nitrogen and oxygen atoms in total. The van der Waals surface area contributed by atoms with E-state index >= 15 is 0 Å². The van der Waals surface area contributed by atoms with Crippen molar-refractivity contribution in [3.63, 3.8) is 0 Å². The van der Waals surface area contributed by atoms with Crippen molar-refractivity contribution in [2.24, 2.45) is 5.92 Å². The summed E-state index contributed by atoms with van der Waals surface area (Å²) in [5, 5.41) is 10.7. The smallest absolute Gasteiger partial charge is 0.165 e. The second kappa shape index (κ2) is 5.93. The molecule has 116 valence electrons. The minimum atomic E-state index is -0.583. The molecule has 1 aromatic carbocycles. The van der Waals surface area contributed by atoms with Gasteiger partial charge in [-0.25, -0.2) is 4.39 Å². The van der Waals surface area contributed by atoms with Crippen LogP contribution in [-0.4, -0.2) is 24.4 Å². The highest BCUT2D eigenvalue weighted by Crippen LogP contribution is 2.45. The third kappa shape index (κ3) is 2.92. The van der Waals surface area contributed by atoms with Gasteiger partial charge in [0.2, 0.25) is 0 Å². The quantitative estimate of drug-likeness (QED) is 0.925. The summed E-state index contributed by atoms with van der Waals surface area (Å²) in [5.41, 5.74) is 0.710. The lowest BCUT2D eigenvalue weighted by Gasteiger charge is -2.40. The Morgan fingerprint density at radius 3 is 2.86 bits per heavy atom. The molecular weight excluding hydrogens is 271 g/mol. The van der Waals surface area contributed by atoms with Crippen LogP contribution < -0.4 is 4.74 Å². The summed E-state index contributed by atoms with van der Waals surface area (Å²) in [6.45, 7) is 0.708. The van der Waals surface area contributed by atoms with E-state index in [4.69, 9.17) is 9.47 Å². The summed E-state index contributed by atoms with van der Waals surface area (Å²) >= 11 is 0. The fourth-order valence-electron chi connectivity index (χ4n) is 3.84. The van der Waals surface area contributed by atoms with Crippen LogP contribution in [-0.2, 0) is 4.74 Å². The molecule has 2 fully saturated rings. The zero-order chi connectivity index (χ0) is 14.9. The Morgan fingerprint density at radius 2 is 2.14 bits per heavy atom. The lowest BCUT2D eigenvalue weighted by Crippen LogP contribution is -2.39. The molecule has 0 aromatic heterocycles. The number of rotatable bonds is 3. The maximum Gasteiger partial charge on any atom is 0.165 e. The second-order valence-corrected chi connectivity index (χ2v) is 6.33. The monoisotopic (exact) mass is 294 g/mol. The number of methoxy groups -OCH3 is 1. The van der Waals surface area contributed by atoms with Crippen LogP contribution in [0.1, 0.15) is 50.2 Å². The first-order valence-electron chi connectivity index (χ1n) is 7.79. The molecule has 0 bridgehead atoms. The molecule has 0 radical (unpaired) electrons. The Balaban J connectivity index is 1.76. The van der Waals surface area contributed by atoms with E-state index in [1.165, 1.54) is 26.0 Å². The SMILES string of the molecule is COc1cc(C(O)C2CCOC3(CCCC3)C2)ccc1F. The highest BCUT2D eigenvalue weighted by atomic mass is 19.1. The van der Waals surface area contributed by atoms with Crippen LogP contribution in [0.15, 0.2) is 18.2 Å². The average Bonchev–Trinajstić information content (AvgIpc) is 2.95. The molecular formula is C17H23FO3. The van der Waals surface area contributed by atoms with Crippen LogP contribution in [0.4, 0.5) is 4.39 Å². The molecule has 2 atom stereocenters. The van der Waals surface area contributed by atoms with Crippen LogP contribution in [0, 0.1) is 11.7 Å². The van der Waals surface area contributed by atoms with Crippen LogP contribution in [0.3, 0.4) is 0 Å². The van der Waals surface area contributed by atoms with E-state index in [1.54, 1.807) is 12.1 Å². The topological polar surface area (TPSA) is 38.7 Å². The van der Waals surface area contributed by atoms with Crippen LogP contribution in [0.25, 0.3) is 0 Å². The molecule has 1 aliphatic carbocycles. The van der Waals surface area contributed by atoms with Gasteiger partial charge in [-0.1, -0.05) is 18.9 Å². The summed E-state index contributed by atoms with van der Waals surface area (Å²) in [5.74, 6) is -0.0334. The first-order valence-corrected chi connectivity index (χ1v) is 7.79. The molecule has 3 rings (SSSR count). The summed E-state index contributed by atoms with van der Waals surface area (Å²) < 4.78 is 24.5. The van der Waals surface area contributed by atoms with E-state index < -0.39 is 11.9 Å². The fourth-order valence-corrected chi connectivity index (χ4v) is 3.84. The standard InChI is InChI=1S/C17H23FO3/c1-20-15-10-12(4-5-14(15)18)16(19)13-6-9-21-17(11-13)7-2-3-8-17/h4-5,10,13,16,19H,2-3,6-9,11H2,1H3. The normalized spacial score (nSPS) is 26.0. The lowest BCUT2D eigenvalue weighted by atomic mass is 9.80. The minimum Gasteiger partial charge on any atom is -0.494 e. The van der Waals surface area contributed by atoms with Crippen LogP contribution >= 0.6 is 0 Å². The van der Waals surface area contributed by atoms with Gasteiger partial charge >= 0.3 is 0 Å². The van der Waals surface area contributed by atoms with Crippen molar-refractivity contribution < 1.29 is 19.0 Å². The number of aliphatic hydroxyl groups is 1. The van der Waals surface area contributed by atoms with Crippen molar-refractivity contribution in [1.82, 2.24) is 0 Å². The van der Waals surface area contributed by atoms with Crippen molar-refractivity contribution in [3.05, 3.63) is 29.6 Å². The van der Waals surface area contributed by atoms with Crippen molar-refractivity contribution in [1.29, 1.82) is 0 Å². The van der Waals surface area contributed by atoms with Gasteiger partial charge in [0.15, 0.2) is 11.6 Å². The summed E-state index contributed by atoms with van der Waals surface area (Å²) in [4.78, 5) is 0. The largest absolute Gasteiger partial charge is 0.494 e. The maximum absolute atomic E-state index is 13.5. The molecule has 0 amide bonds. The highest BCUT2D eigenvalue weighted by molar-refractivity contribution is 5.32. The van der Waals surface area contributed by atoms with E-state index in [9.17, 15) is 9.50 Å². The van der Waals surface area contributed by atoms with Gasteiger partial charge in [0.1, 0.15) is 0 Å². The van der Waals surface area contributed by atoms with Crippen LogP contribution in [0.2, 0.25) is 0 Å². The van der Waals surface area contributed by atoms with Gasteiger partial charge in [-0.15, -0.1) is 0 Å². The minimum absolute atomic E-state index is 0.0198. The Kier molecular flexibility index (Phi) is 4.18. The zero-order valence-electron chi connectivity index (χ0n) is 12.5. The molecule has 1 saturated heterocycles. The molecule has 1 aromatic rings. The Bertz CT molecular complexity index is 497. The van der Waals surface area contributed by atoms with Crippen LogP contribution in [0.5, 0.6) is 5.75 Å². The average molecular weight is 294 g/mol. The molecule has 4 heteroatoms. The third-order valence-corrected chi connectivity index (χ3v) is 5.01. The number of hydrogen-bond acceptors (Lipinski definition) is 3. The van der Waals surface area contributed by atoms with Gasteiger partial charge in [-0.05, 0) is 49.3 Å². The van der Waals surface area contributed by atoms with Crippen molar-refractivity contribution in [2.45, 2.75) is 50.2 Å².